The van der Waals surface area contributed by atoms with Crippen LogP contribution in [-0.4, -0.2) is 11.7 Å². The van der Waals surface area contributed by atoms with Gasteiger partial charge in [0.15, 0.2) is 0 Å². The van der Waals surface area contributed by atoms with Gasteiger partial charge in [0.25, 0.3) is 0 Å². The molecule has 16 heavy (non-hydrogen) atoms. The van der Waals surface area contributed by atoms with Crippen molar-refractivity contribution in [1.82, 2.24) is 0 Å². The number of nitrogens with zero attached hydrogens (tertiary/aromatic N) is 1. The lowest BCUT2D eigenvalue weighted by Gasteiger charge is -2.14. The van der Waals surface area contributed by atoms with Crippen LogP contribution in [0.25, 0.3) is 0 Å². The monoisotopic (exact) mass is 219 g/mol. The van der Waals surface area contributed by atoms with Gasteiger partial charge in [-0.2, -0.15) is 5.26 Å². The molecule has 0 radical (unpaired) electrons. The Morgan fingerprint density at radius 2 is 2.25 bits per heavy atom. The number of hydrogen-bond donors (Lipinski definition) is 1. The number of benzene rings is 1. The first-order valence-corrected chi connectivity index (χ1v) is 5.49. The molecule has 86 valence electrons. The van der Waals surface area contributed by atoms with E-state index in [-0.39, 0.29) is 0 Å². The zero-order valence-electron chi connectivity index (χ0n) is 9.68. The molecule has 3 nitrogen and oxygen atoms in total. The standard InChI is InChI=1S/C13H17NO2/c1-3-7-16-12-6-4-5-11(8-12)13(15)10(2)9-14/h4-6,8,10,13,15H,3,7H2,1-2H3. The summed E-state index contributed by atoms with van der Waals surface area (Å²) in [7, 11) is 0. The van der Waals surface area contributed by atoms with Gasteiger partial charge in [-0.1, -0.05) is 19.1 Å². The van der Waals surface area contributed by atoms with E-state index >= 15 is 0 Å². The molecule has 0 fully saturated rings. The maximum atomic E-state index is 9.86. The molecular formula is C13H17NO2. The fraction of sp³-hybridized carbons (Fsp3) is 0.462. The Bertz CT molecular complexity index is 370. The van der Waals surface area contributed by atoms with Crippen LogP contribution in [0, 0.1) is 17.2 Å². The zero-order chi connectivity index (χ0) is 12.0. The molecule has 1 N–H and O–H groups in total. The summed E-state index contributed by atoms with van der Waals surface area (Å²) in [6, 6.07) is 9.30. The fourth-order valence-corrected chi connectivity index (χ4v) is 1.37. The molecule has 2 unspecified atom stereocenters. The van der Waals surface area contributed by atoms with Crippen molar-refractivity contribution in [2.75, 3.05) is 6.61 Å². The largest absolute Gasteiger partial charge is 0.494 e. The Kier molecular flexibility index (Phi) is 4.81. The van der Waals surface area contributed by atoms with Crippen LogP contribution in [0.2, 0.25) is 0 Å². The van der Waals surface area contributed by atoms with Crippen LogP contribution in [0.5, 0.6) is 5.75 Å². The number of rotatable bonds is 5. The average Bonchev–Trinajstić information content (AvgIpc) is 2.34. The first-order valence-electron chi connectivity index (χ1n) is 5.49. The van der Waals surface area contributed by atoms with Gasteiger partial charge in [-0.3, -0.25) is 0 Å². The van der Waals surface area contributed by atoms with E-state index in [4.69, 9.17) is 10.00 Å². The molecule has 3 heteroatoms. The maximum absolute atomic E-state index is 9.86. The minimum absolute atomic E-state index is 0.415. The van der Waals surface area contributed by atoms with Gasteiger partial charge in [0.05, 0.1) is 24.7 Å². The van der Waals surface area contributed by atoms with E-state index in [0.717, 1.165) is 17.7 Å². The Labute approximate surface area is 96.3 Å². The molecule has 1 aromatic rings. The molecule has 0 heterocycles. The predicted octanol–water partition coefficient (Wildman–Crippen LogP) is 2.67. The summed E-state index contributed by atoms with van der Waals surface area (Å²) in [6.07, 6.45) is 0.191. The van der Waals surface area contributed by atoms with Crippen LogP contribution in [0.4, 0.5) is 0 Å². The number of nitriles is 1. The summed E-state index contributed by atoms with van der Waals surface area (Å²) in [5.41, 5.74) is 0.725. The summed E-state index contributed by atoms with van der Waals surface area (Å²) in [4.78, 5) is 0. The third-order valence-electron chi connectivity index (χ3n) is 2.35. The van der Waals surface area contributed by atoms with Crippen LogP contribution < -0.4 is 4.74 Å². The molecule has 1 aromatic carbocycles. The molecule has 2 atom stereocenters. The topological polar surface area (TPSA) is 53.2 Å². The fourth-order valence-electron chi connectivity index (χ4n) is 1.37. The molecule has 0 aliphatic heterocycles. The minimum Gasteiger partial charge on any atom is -0.494 e. The second-order valence-electron chi connectivity index (χ2n) is 3.78. The van der Waals surface area contributed by atoms with Gasteiger partial charge < -0.3 is 9.84 Å². The highest BCUT2D eigenvalue weighted by Crippen LogP contribution is 2.24. The van der Waals surface area contributed by atoms with Crippen molar-refractivity contribution in [2.45, 2.75) is 26.4 Å². The van der Waals surface area contributed by atoms with Crippen molar-refractivity contribution in [1.29, 1.82) is 5.26 Å². The molecule has 0 bridgehead atoms. The van der Waals surface area contributed by atoms with Gasteiger partial charge in [0.1, 0.15) is 5.75 Å². The second kappa shape index (κ2) is 6.14. The minimum atomic E-state index is -0.754. The summed E-state index contributed by atoms with van der Waals surface area (Å²) in [5, 5.41) is 18.6. The van der Waals surface area contributed by atoms with Crippen LogP contribution >= 0.6 is 0 Å². The molecule has 0 aliphatic rings. The second-order valence-corrected chi connectivity index (χ2v) is 3.78. The molecule has 0 spiro atoms. The Morgan fingerprint density at radius 3 is 2.88 bits per heavy atom. The zero-order valence-corrected chi connectivity index (χ0v) is 9.68. The molecule has 0 aliphatic carbocycles. The number of aliphatic hydroxyl groups is 1. The smallest absolute Gasteiger partial charge is 0.119 e. The summed E-state index contributed by atoms with van der Waals surface area (Å²) in [5.74, 6) is 0.324. The summed E-state index contributed by atoms with van der Waals surface area (Å²) in [6.45, 7) is 4.40. The van der Waals surface area contributed by atoms with Gasteiger partial charge >= 0.3 is 0 Å². The first kappa shape index (κ1) is 12.5. The highest BCUT2D eigenvalue weighted by Gasteiger charge is 2.15. The van der Waals surface area contributed by atoms with E-state index in [1.165, 1.54) is 0 Å². The van der Waals surface area contributed by atoms with Gasteiger partial charge in [0, 0.05) is 0 Å². The first-order chi connectivity index (χ1) is 7.69. The Balaban J connectivity index is 2.78. The molecule has 0 amide bonds. The summed E-state index contributed by atoms with van der Waals surface area (Å²) < 4.78 is 5.47. The van der Waals surface area contributed by atoms with Crippen molar-refractivity contribution >= 4 is 0 Å². The van der Waals surface area contributed by atoms with Gasteiger partial charge in [0.2, 0.25) is 0 Å². The van der Waals surface area contributed by atoms with Crippen molar-refractivity contribution in [3.63, 3.8) is 0 Å². The Morgan fingerprint density at radius 1 is 1.50 bits per heavy atom. The van der Waals surface area contributed by atoms with Gasteiger partial charge in [-0.25, -0.2) is 0 Å². The van der Waals surface area contributed by atoms with Gasteiger partial charge in [-0.15, -0.1) is 0 Å². The van der Waals surface area contributed by atoms with Crippen molar-refractivity contribution in [3.05, 3.63) is 29.8 Å². The van der Waals surface area contributed by atoms with E-state index < -0.39 is 12.0 Å². The van der Waals surface area contributed by atoms with E-state index in [9.17, 15) is 5.11 Å². The lowest BCUT2D eigenvalue weighted by Crippen LogP contribution is -2.07. The van der Waals surface area contributed by atoms with E-state index in [1.807, 2.05) is 25.1 Å². The van der Waals surface area contributed by atoms with E-state index in [2.05, 4.69) is 0 Å². The third-order valence-corrected chi connectivity index (χ3v) is 2.35. The third kappa shape index (κ3) is 3.25. The maximum Gasteiger partial charge on any atom is 0.119 e. The highest BCUT2D eigenvalue weighted by molar-refractivity contribution is 5.30. The quantitative estimate of drug-likeness (QED) is 0.828. The van der Waals surface area contributed by atoms with Crippen molar-refractivity contribution in [2.24, 2.45) is 5.92 Å². The lowest BCUT2D eigenvalue weighted by atomic mass is 9.99. The number of hydrogen-bond acceptors (Lipinski definition) is 3. The SMILES string of the molecule is CCCOc1cccc(C(O)C(C)C#N)c1. The highest BCUT2D eigenvalue weighted by atomic mass is 16.5. The Hall–Kier alpha value is -1.53. The molecular weight excluding hydrogens is 202 g/mol. The van der Waals surface area contributed by atoms with Crippen LogP contribution in [0.3, 0.4) is 0 Å². The van der Waals surface area contributed by atoms with Crippen LogP contribution in [0.1, 0.15) is 31.9 Å². The normalized spacial score (nSPS) is 13.9. The number of ether oxygens (including phenoxy) is 1. The van der Waals surface area contributed by atoms with Crippen LogP contribution in [-0.2, 0) is 0 Å². The number of aliphatic hydroxyl groups excluding tert-OH is 1. The molecule has 1 rings (SSSR count). The van der Waals surface area contributed by atoms with Crippen molar-refractivity contribution < 1.29 is 9.84 Å². The predicted molar refractivity (Wildman–Crippen MR) is 62.0 cm³/mol. The molecule has 0 saturated carbocycles. The van der Waals surface area contributed by atoms with E-state index in [1.54, 1.807) is 19.1 Å². The van der Waals surface area contributed by atoms with E-state index in [0.29, 0.717) is 6.61 Å². The summed E-state index contributed by atoms with van der Waals surface area (Å²) >= 11 is 0. The lowest BCUT2D eigenvalue weighted by molar-refractivity contribution is 0.142. The average molecular weight is 219 g/mol. The molecule has 0 aromatic heterocycles. The molecule has 0 saturated heterocycles. The van der Waals surface area contributed by atoms with Crippen molar-refractivity contribution in [3.8, 4) is 11.8 Å². The van der Waals surface area contributed by atoms with Gasteiger partial charge in [-0.05, 0) is 31.0 Å². The van der Waals surface area contributed by atoms with Crippen LogP contribution in [0.15, 0.2) is 24.3 Å².